The summed E-state index contributed by atoms with van der Waals surface area (Å²) >= 11 is 1.39. The third kappa shape index (κ3) is 2.16. The van der Waals surface area contributed by atoms with Crippen molar-refractivity contribution in [3.8, 4) is 10.6 Å². The van der Waals surface area contributed by atoms with Gasteiger partial charge in [0, 0.05) is 5.56 Å². The summed E-state index contributed by atoms with van der Waals surface area (Å²) in [6.45, 7) is 5.94. The lowest BCUT2D eigenvalue weighted by Gasteiger charge is -2.05. The Hall–Kier alpha value is -1.68. The number of hydrogen-bond donors (Lipinski definition) is 0. The largest absolute Gasteiger partial charge is 0.465 e. The summed E-state index contributed by atoms with van der Waals surface area (Å²) in [4.78, 5) is 16.7. The van der Waals surface area contributed by atoms with Gasteiger partial charge in [0.25, 0.3) is 0 Å². The van der Waals surface area contributed by atoms with Crippen LogP contribution in [0.25, 0.3) is 10.6 Å². The maximum Gasteiger partial charge on any atom is 0.349 e. The number of aryl methyl sites for hydroxylation is 3. The molecule has 0 aliphatic rings. The third-order valence-corrected chi connectivity index (χ3v) is 4.02. The first-order valence-electron chi connectivity index (χ1n) is 5.67. The first-order chi connectivity index (χ1) is 8.54. The summed E-state index contributed by atoms with van der Waals surface area (Å²) in [7, 11) is 1.39. The predicted octanol–water partition coefficient (Wildman–Crippen LogP) is 3.52. The minimum atomic E-state index is -0.317. The van der Waals surface area contributed by atoms with Crippen molar-refractivity contribution >= 4 is 17.3 Å². The van der Waals surface area contributed by atoms with Gasteiger partial charge in [-0.3, -0.25) is 0 Å². The Labute approximate surface area is 110 Å². The number of carbonyl (C=O) groups is 1. The summed E-state index contributed by atoms with van der Waals surface area (Å²) in [6, 6.07) is 6.13. The van der Waals surface area contributed by atoms with Crippen molar-refractivity contribution in [3.05, 3.63) is 39.9 Å². The Morgan fingerprint density at radius 2 is 1.83 bits per heavy atom. The quantitative estimate of drug-likeness (QED) is 0.776. The lowest BCUT2D eigenvalue weighted by molar-refractivity contribution is 0.0605. The van der Waals surface area contributed by atoms with Gasteiger partial charge in [-0.05, 0) is 31.9 Å². The molecule has 94 valence electrons. The average Bonchev–Trinajstić information content (AvgIpc) is 2.70. The van der Waals surface area contributed by atoms with Crippen molar-refractivity contribution in [2.45, 2.75) is 20.8 Å². The first kappa shape index (κ1) is 12.8. The molecule has 1 heterocycles. The van der Waals surface area contributed by atoms with E-state index in [4.69, 9.17) is 4.74 Å². The van der Waals surface area contributed by atoms with Gasteiger partial charge in [0.05, 0.1) is 12.8 Å². The minimum Gasteiger partial charge on any atom is -0.465 e. The molecule has 0 fully saturated rings. The Morgan fingerprint density at radius 3 is 2.39 bits per heavy atom. The van der Waals surface area contributed by atoms with E-state index in [1.807, 2.05) is 13.0 Å². The maximum atomic E-state index is 11.6. The fraction of sp³-hybridized carbons (Fsp3) is 0.286. The SMILES string of the molecule is COC(=O)c1sc(-c2c(C)cccc2C)nc1C. The number of ether oxygens (including phenoxy) is 1. The molecule has 1 aromatic heterocycles. The molecule has 0 saturated carbocycles. The highest BCUT2D eigenvalue weighted by molar-refractivity contribution is 7.17. The fourth-order valence-corrected chi connectivity index (χ4v) is 3.10. The number of aromatic nitrogens is 1. The molecule has 3 nitrogen and oxygen atoms in total. The first-order valence-corrected chi connectivity index (χ1v) is 6.48. The van der Waals surface area contributed by atoms with Crippen molar-refractivity contribution in [1.82, 2.24) is 4.98 Å². The molecule has 18 heavy (non-hydrogen) atoms. The van der Waals surface area contributed by atoms with Crippen LogP contribution in [0.3, 0.4) is 0 Å². The van der Waals surface area contributed by atoms with Crippen LogP contribution < -0.4 is 0 Å². The van der Waals surface area contributed by atoms with E-state index in [0.717, 1.165) is 16.3 Å². The van der Waals surface area contributed by atoms with Crippen LogP contribution in [0.5, 0.6) is 0 Å². The number of carbonyl (C=O) groups excluding carboxylic acids is 1. The monoisotopic (exact) mass is 261 g/mol. The van der Waals surface area contributed by atoms with E-state index in [-0.39, 0.29) is 5.97 Å². The summed E-state index contributed by atoms with van der Waals surface area (Å²) in [5.74, 6) is -0.317. The van der Waals surface area contributed by atoms with E-state index in [0.29, 0.717) is 4.88 Å². The summed E-state index contributed by atoms with van der Waals surface area (Å²) < 4.78 is 4.76. The van der Waals surface area contributed by atoms with Gasteiger partial charge in [0.2, 0.25) is 0 Å². The highest BCUT2D eigenvalue weighted by Gasteiger charge is 2.18. The van der Waals surface area contributed by atoms with Crippen molar-refractivity contribution < 1.29 is 9.53 Å². The van der Waals surface area contributed by atoms with Crippen molar-refractivity contribution in [1.29, 1.82) is 0 Å². The molecule has 0 amide bonds. The van der Waals surface area contributed by atoms with Gasteiger partial charge in [0.15, 0.2) is 0 Å². The molecule has 1 aromatic carbocycles. The fourth-order valence-electron chi connectivity index (χ4n) is 1.94. The molecule has 0 bridgehead atoms. The molecule has 2 rings (SSSR count). The van der Waals surface area contributed by atoms with E-state index in [2.05, 4.69) is 31.0 Å². The number of nitrogens with zero attached hydrogens (tertiary/aromatic N) is 1. The summed E-state index contributed by atoms with van der Waals surface area (Å²) in [6.07, 6.45) is 0. The molecular weight excluding hydrogens is 246 g/mol. The van der Waals surface area contributed by atoms with Gasteiger partial charge in [-0.15, -0.1) is 11.3 Å². The normalized spacial score (nSPS) is 10.4. The molecule has 0 saturated heterocycles. The zero-order chi connectivity index (χ0) is 13.3. The smallest absolute Gasteiger partial charge is 0.349 e. The lowest BCUT2D eigenvalue weighted by atomic mass is 10.0. The molecular formula is C14H15NO2S. The van der Waals surface area contributed by atoms with Crippen LogP contribution in [0.1, 0.15) is 26.5 Å². The zero-order valence-corrected chi connectivity index (χ0v) is 11.7. The molecule has 0 N–H and O–H groups in total. The Bertz CT molecular complexity index is 582. The van der Waals surface area contributed by atoms with Crippen molar-refractivity contribution in [2.24, 2.45) is 0 Å². The zero-order valence-electron chi connectivity index (χ0n) is 10.9. The van der Waals surface area contributed by atoms with E-state index < -0.39 is 0 Å². The number of rotatable bonds is 2. The van der Waals surface area contributed by atoms with Crippen LogP contribution in [0.4, 0.5) is 0 Å². The van der Waals surface area contributed by atoms with Crippen LogP contribution in [-0.4, -0.2) is 18.1 Å². The summed E-state index contributed by atoms with van der Waals surface area (Å²) in [5, 5.41) is 0.878. The third-order valence-electron chi connectivity index (χ3n) is 2.86. The number of methoxy groups -OCH3 is 1. The second-order valence-corrected chi connectivity index (χ2v) is 5.19. The van der Waals surface area contributed by atoms with E-state index in [1.54, 1.807) is 0 Å². The van der Waals surface area contributed by atoms with Gasteiger partial charge in [0.1, 0.15) is 9.88 Å². The second kappa shape index (κ2) is 4.90. The Balaban J connectivity index is 2.56. The molecule has 0 aliphatic carbocycles. The standard InChI is InChI=1S/C14H15NO2S/c1-8-6-5-7-9(2)11(8)13-15-10(3)12(18-13)14(16)17-4/h5-7H,1-4H3. The predicted molar refractivity (Wildman–Crippen MR) is 73.1 cm³/mol. The second-order valence-electron chi connectivity index (χ2n) is 4.19. The molecule has 0 atom stereocenters. The number of thiazole rings is 1. The molecule has 0 spiro atoms. The van der Waals surface area contributed by atoms with Gasteiger partial charge in [-0.1, -0.05) is 18.2 Å². The average molecular weight is 261 g/mol. The number of esters is 1. The summed E-state index contributed by atoms with van der Waals surface area (Å²) in [5.41, 5.74) is 4.17. The van der Waals surface area contributed by atoms with Crippen LogP contribution in [0.15, 0.2) is 18.2 Å². The van der Waals surface area contributed by atoms with Gasteiger partial charge < -0.3 is 4.74 Å². The molecule has 4 heteroatoms. The highest BCUT2D eigenvalue weighted by atomic mass is 32.1. The van der Waals surface area contributed by atoms with E-state index in [1.165, 1.54) is 29.6 Å². The van der Waals surface area contributed by atoms with Gasteiger partial charge >= 0.3 is 5.97 Å². The van der Waals surface area contributed by atoms with Gasteiger partial charge in [-0.25, -0.2) is 9.78 Å². The van der Waals surface area contributed by atoms with Crippen LogP contribution in [0, 0.1) is 20.8 Å². The Morgan fingerprint density at radius 1 is 1.22 bits per heavy atom. The minimum absolute atomic E-state index is 0.317. The molecule has 0 unspecified atom stereocenters. The van der Waals surface area contributed by atoms with Gasteiger partial charge in [-0.2, -0.15) is 0 Å². The van der Waals surface area contributed by atoms with Crippen molar-refractivity contribution in [3.63, 3.8) is 0 Å². The lowest BCUT2D eigenvalue weighted by Crippen LogP contribution is -1.99. The highest BCUT2D eigenvalue weighted by Crippen LogP contribution is 2.32. The maximum absolute atomic E-state index is 11.6. The topological polar surface area (TPSA) is 39.2 Å². The van der Waals surface area contributed by atoms with Crippen LogP contribution in [0.2, 0.25) is 0 Å². The van der Waals surface area contributed by atoms with E-state index >= 15 is 0 Å². The number of benzene rings is 1. The molecule has 2 aromatic rings. The van der Waals surface area contributed by atoms with E-state index in [9.17, 15) is 4.79 Å². The van der Waals surface area contributed by atoms with Crippen LogP contribution in [-0.2, 0) is 4.74 Å². The Kier molecular flexibility index (Phi) is 3.48. The molecule has 0 radical (unpaired) electrons. The van der Waals surface area contributed by atoms with Crippen molar-refractivity contribution in [2.75, 3.05) is 7.11 Å². The molecule has 0 aliphatic heterocycles. The van der Waals surface area contributed by atoms with Crippen LogP contribution >= 0.6 is 11.3 Å². The number of hydrogen-bond acceptors (Lipinski definition) is 4.